The zero-order valence-corrected chi connectivity index (χ0v) is 23.1. The minimum atomic E-state index is -0.281. The molecular formula is C29H36N6O3. The van der Waals surface area contributed by atoms with Crippen molar-refractivity contribution in [2.45, 2.75) is 19.9 Å². The number of carbonyl (C=O) groups is 1. The second kappa shape index (κ2) is 11.5. The maximum Gasteiger partial charge on any atom is 0.252 e. The minimum Gasteiger partial charge on any atom is -0.495 e. The Morgan fingerprint density at radius 3 is 2.13 bits per heavy atom. The Hall–Kier alpha value is -4.11. The predicted molar refractivity (Wildman–Crippen MR) is 149 cm³/mol. The van der Waals surface area contributed by atoms with Crippen LogP contribution in [0.3, 0.4) is 0 Å². The molecule has 9 nitrogen and oxygen atoms in total. The molecule has 0 unspecified atom stereocenters. The Bertz CT molecular complexity index is 1360. The molecule has 2 heterocycles. The van der Waals surface area contributed by atoms with E-state index in [0.717, 1.165) is 45.7 Å². The van der Waals surface area contributed by atoms with Crippen LogP contribution in [0.25, 0.3) is 22.3 Å². The van der Waals surface area contributed by atoms with E-state index in [2.05, 4.69) is 20.4 Å². The van der Waals surface area contributed by atoms with Crippen LogP contribution in [0.1, 0.15) is 34.5 Å². The molecule has 4 rings (SSSR count). The Labute approximate surface area is 224 Å². The van der Waals surface area contributed by atoms with E-state index in [0.29, 0.717) is 17.9 Å². The largest absolute Gasteiger partial charge is 0.495 e. The lowest BCUT2D eigenvalue weighted by Gasteiger charge is -2.20. The number of amides is 1. The standard InChI is InChI=1S/C29H36N6O3/c1-19-8-9-24(38-11-10-33(3)4)14-25(19)29(36)32-20(2)21-12-26(22-15-30-34(5)17-22)28(37-7)27(13-21)23-16-31-35(6)18-23/h8-9,12-18,20H,10-11H2,1-7H3,(H,32,36)/t20-/m1/s1. The molecule has 4 aromatic rings. The third kappa shape index (κ3) is 6.06. The summed E-state index contributed by atoms with van der Waals surface area (Å²) in [5.41, 5.74) is 6.05. The first kappa shape index (κ1) is 26.9. The van der Waals surface area contributed by atoms with E-state index < -0.39 is 0 Å². The molecule has 2 aromatic heterocycles. The van der Waals surface area contributed by atoms with Crippen LogP contribution in [-0.4, -0.2) is 64.7 Å². The summed E-state index contributed by atoms with van der Waals surface area (Å²) in [4.78, 5) is 15.5. The van der Waals surface area contributed by atoms with Crippen molar-refractivity contribution >= 4 is 5.91 Å². The van der Waals surface area contributed by atoms with E-state index in [1.54, 1.807) is 16.5 Å². The Morgan fingerprint density at radius 1 is 1.03 bits per heavy atom. The van der Waals surface area contributed by atoms with Crippen molar-refractivity contribution in [1.82, 2.24) is 29.8 Å². The average molecular weight is 517 g/mol. The molecular weight excluding hydrogens is 480 g/mol. The molecule has 200 valence electrons. The number of likely N-dealkylation sites (N-methyl/N-ethyl adjacent to an activating group) is 1. The molecule has 1 amide bonds. The van der Waals surface area contributed by atoms with Crippen LogP contribution in [0.4, 0.5) is 0 Å². The number of hydrogen-bond donors (Lipinski definition) is 1. The van der Waals surface area contributed by atoms with Crippen LogP contribution in [0.2, 0.25) is 0 Å². The summed E-state index contributed by atoms with van der Waals surface area (Å²) in [6, 6.07) is 9.44. The summed E-state index contributed by atoms with van der Waals surface area (Å²) < 4.78 is 15.3. The smallest absolute Gasteiger partial charge is 0.252 e. The van der Waals surface area contributed by atoms with Crippen molar-refractivity contribution in [1.29, 1.82) is 0 Å². The highest BCUT2D eigenvalue weighted by Gasteiger charge is 2.21. The van der Waals surface area contributed by atoms with Crippen LogP contribution < -0.4 is 14.8 Å². The van der Waals surface area contributed by atoms with Gasteiger partial charge < -0.3 is 19.7 Å². The lowest BCUT2D eigenvalue weighted by molar-refractivity contribution is 0.0938. The van der Waals surface area contributed by atoms with E-state index in [1.165, 1.54) is 0 Å². The number of aromatic nitrogens is 4. The Balaban J connectivity index is 1.66. The Kier molecular flexibility index (Phi) is 8.16. The van der Waals surface area contributed by atoms with Crippen molar-refractivity contribution in [3.05, 3.63) is 71.8 Å². The third-order valence-electron chi connectivity index (χ3n) is 6.46. The number of ether oxygens (including phenoxy) is 2. The normalized spacial score (nSPS) is 12.0. The number of methoxy groups -OCH3 is 1. The van der Waals surface area contributed by atoms with Crippen molar-refractivity contribution < 1.29 is 14.3 Å². The second-order valence-electron chi connectivity index (χ2n) is 9.78. The second-order valence-corrected chi connectivity index (χ2v) is 9.78. The highest BCUT2D eigenvalue weighted by atomic mass is 16.5. The van der Waals surface area contributed by atoms with Gasteiger partial charge in [-0.1, -0.05) is 6.07 Å². The number of nitrogens with one attached hydrogen (secondary N) is 1. The van der Waals surface area contributed by atoms with Crippen LogP contribution in [0, 0.1) is 6.92 Å². The van der Waals surface area contributed by atoms with Crippen molar-refractivity contribution in [3.63, 3.8) is 0 Å². The van der Waals surface area contributed by atoms with Crippen LogP contribution in [-0.2, 0) is 14.1 Å². The summed E-state index contributed by atoms with van der Waals surface area (Å²) in [7, 11) is 9.42. The maximum atomic E-state index is 13.4. The number of rotatable bonds is 10. The quantitative estimate of drug-likeness (QED) is 0.339. The number of hydrogen-bond acceptors (Lipinski definition) is 6. The first-order chi connectivity index (χ1) is 18.2. The molecule has 0 saturated carbocycles. The molecule has 0 bridgehead atoms. The third-order valence-corrected chi connectivity index (χ3v) is 6.46. The van der Waals surface area contributed by atoms with Gasteiger partial charge in [0.2, 0.25) is 0 Å². The molecule has 0 saturated heterocycles. The monoisotopic (exact) mass is 516 g/mol. The lowest BCUT2D eigenvalue weighted by atomic mass is 9.94. The zero-order chi connectivity index (χ0) is 27.4. The first-order valence-corrected chi connectivity index (χ1v) is 12.5. The molecule has 0 spiro atoms. The molecule has 0 aliphatic rings. The minimum absolute atomic E-state index is 0.158. The fourth-order valence-electron chi connectivity index (χ4n) is 4.31. The van der Waals surface area contributed by atoms with E-state index in [1.807, 2.05) is 97.2 Å². The van der Waals surface area contributed by atoms with Crippen LogP contribution >= 0.6 is 0 Å². The lowest BCUT2D eigenvalue weighted by Crippen LogP contribution is -2.27. The fraction of sp³-hybridized carbons (Fsp3) is 0.345. The van der Waals surface area contributed by atoms with Gasteiger partial charge in [-0.3, -0.25) is 14.2 Å². The summed E-state index contributed by atoms with van der Waals surface area (Å²) >= 11 is 0. The summed E-state index contributed by atoms with van der Waals surface area (Å²) in [6.45, 7) is 5.25. The zero-order valence-electron chi connectivity index (χ0n) is 23.1. The maximum absolute atomic E-state index is 13.4. The van der Waals surface area contributed by atoms with Crippen LogP contribution in [0.15, 0.2) is 55.1 Å². The highest BCUT2D eigenvalue weighted by molar-refractivity contribution is 5.96. The van der Waals surface area contributed by atoms with Crippen molar-refractivity contribution in [2.24, 2.45) is 14.1 Å². The van der Waals surface area contributed by atoms with Gasteiger partial charge in [0.15, 0.2) is 0 Å². The van der Waals surface area contributed by atoms with Crippen molar-refractivity contribution in [2.75, 3.05) is 34.4 Å². The van der Waals surface area contributed by atoms with Gasteiger partial charge in [-0.05, 0) is 63.3 Å². The van der Waals surface area contributed by atoms with Gasteiger partial charge in [0.05, 0.1) is 25.5 Å². The molecule has 9 heteroatoms. The number of nitrogens with zero attached hydrogens (tertiary/aromatic N) is 5. The highest BCUT2D eigenvalue weighted by Crippen LogP contribution is 2.41. The molecule has 1 N–H and O–H groups in total. The number of benzene rings is 2. The van der Waals surface area contributed by atoms with E-state index in [9.17, 15) is 4.79 Å². The van der Waals surface area contributed by atoms with E-state index in [4.69, 9.17) is 9.47 Å². The van der Waals surface area contributed by atoms with E-state index >= 15 is 0 Å². The molecule has 0 aliphatic heterocycles. The summed E-state index contributed by atoms with van der Waals surface area (Å²) in [5, 5.41) is 11.9. The fourth-order valence-corrected chi connectivity index (χ4v) is 4.31. The van der Waals surface area contributed by atoms with Gasteiger partial charge in [0.1, 0.15) is 18.1 Å². The van der Waals surface area contributed by atoms with Gasteiger partial charge in [-0.2, -0.15) is 10.2 Å². The van der Waals surface area contributed by atoms with Crippen molar-refractivity contribution in [3.8, 4) is 33.8 Å². The predicted octanol–water partition coefficient (Wildman–Crippen LogP) is 4.24. The topological polar surface area (TPSA) is 86.4 Å². The first-order valence-electron chi connectivity index (χ1n) is 12.5. The van der Waals surface area contributed by atoms with Crippen LogP contribution in [0.5, 0.6) is 11.5 Å². The van der Waals surface area contributed by atoms with Gasteiger partial charge >= 0.3 is 0 Å². The van der Waals surface area contributed by atoms with Gasteiger partial charge in [0.25, 0.3) is 5.91 Å². The summed E-state index contributed by atoms with van der Waals surface area (Å²) in [6.07, 6.45) is 7.51. The molecule has 0 fully saturated rings. The molecule has 38 heavy (non-hydrogen) atoms. The summed E-state index contributed by atoms with van der Waals surface area (Å²) in [5.74, 6) is 1.25. The molecule has 2 aromatic carbocycles. The molecule has 1 atom stereocenters. The SMILES string of the molecule is COc1c(-c2cnn(C)c2)cc([C@@H](C)NC(=O)c2cc(OCCN(C)C)ccc2C)cc1-c1cnn(C)c1. The van der Waals surface area contributed by atoms with Gasteiger partial charge in [-0.25, -0.2) is 0 Å². The van der Waals surface area contributed by atoms with E-state index in [-0.39, 0.29) is 11.9 Å². The molecule has 0 radical (unpaired) electrons. The average Bonchev–Trinajstić information content (AvgIpc) is 3.51. The number of carbonyl (C=O) groups excluding carboxylic acids is 1. The molecule has 0 aliphatic carbocycles. The van der Waals surface area contributed by atoms with Gasteiger partial charge in [-0.15, -0.1) is 0 Å². The number of aryl methyl sites for hydroxylation is 3. The Morgan fingerprint density at radius 2 is 1.63 bits per heavy atom. The van der Waals surface area contributed by atoms with Gasteiger partial charge in [0, 0.05) is 60.9 Å².